The first-order valence-electron chi connectivity index (χ1n) is 25.0. The van der Waals surface area contributed by atoms with Gasteiger partial charge < -0.3 is 52.6 Å². The average molecular weight is 1020 g/mol. The van der Waals surface area contributed by atoms with E-state index in [1.54, 1.807) is 112 Å². The van der Waals surface area contributed by atoms with Gasteiger partial charge in [0.25, 0.3) is 11.8 Å². The highest BCUT2D eigenvalue weighted by molar-refractivity contribution is 6.37. The number of hydrogen-bond donors (Lipinski definition) is 9. The van der Waals surface area contributed by atoms with Crippen molar-refractivity contribution in [2.45, 2.75) is 129 Å². The Hall–Kier alpha value is -7.28. The van der Waals surface area contributed by atoms with Crippen molar-refractivity contribution in [2.75, 3.05) is 13.2 Å². The van der Waals surface area contributed by atoms with Crippen molar-refractivity contribution in [3.8, 4) is 11.1 Å². The van der Waals surface area contributed by atoms with E-state index in [-0.39, 0.29) is 42.9 Å². The van der Waals surface area contributed by atoms with Crippen LogP contribution in [-0.4, -0.2) is 107 Å². The number of hydrogen-bond acceptors (Lipinski definition) is 11. The molecule has 0 aromatic heterocycles. The molecule has 0 spiro atoms. The smallest absolute Gasteiger partial charge is 0.287 e. The van der Waals surface area contributed by atoms with E-state index >= 15 is 0 Å². The van der Waals surface area contributed by atoms with E-state index in [1.807, 2.05) is 39.8 Å². The highest BCUT2D eigenvalue weighted by Gasteiger charge is 2.49. The Morgan fingerprint density at radius 2 is 1.15 bits per heavy atom. The Labute approximate surface area is 432 Å². The van der Waals surface area contributed by atoms with Crippen LogP contribution in [0, 0.1) is 18.3 Å². The standard InChI is InChI=1S/C56H71N7O11/c1-8-9-27-41(46(65)48(57)66)58-49(67)42(28-33(2)3)60-53(71)47(55(5,6)7)63-50(68)43(29-36-22-14-13-19-34(36)4)59-52(70)45(32-74-31-35-20-11-10-12-21-35)61-51(69)44(30-64)62-54(72)56(73)39-25-17-15-23-37(39)38-24-16-18-26-40(38)56/h10-26,33,41-45,47,64,73H,8-9,27-32H2,1-7H3,(H2,57,66)(H,58,67)(H,59,70)(H,60,71)(H,61,69)(H,62,72)(H,63,68)/t41-,42-,43-,44-,45+,47+/m0/s1. The number of nitrogens with one attached hydrogen (secondary N) is 6. The third-order valence-corrected chi connectivity index (χ3v) is 12.9. The lowest BCUT2D eigenvalue weighted by atomic mass is 9.85. The molecule has 0 unspecified atom stereocenters. The number of benzene rings is 4. The predicted molar refractivity (Wildman–Crippen MR) is 277 cm³/mol. The van der Waals surface area contributed by atoms with Crippen LogP contribution in [0.1, 0.15) is 95.0 Å². The number of carbonyl (C=O) groups excluding carboxylic acids is 8. The number of aryl methyl sites for hydroxylation is 1. The number of rotatable bonds is 26. The molecular weight excluding hydrogens is 947 g/mol. The lowest BCUT2D eigenvalue weighted by molar-refractivity contribution is -0.141. The molecule has 10 N–H and O–H groups in total. The molecule has 4 aromatic rings. The van der Waals surface area contributed by atoms with E-state index in [1.165, 1.54) is 0 Å². The Balaban J connectivity index is 1.41. The molecule has 6 atom stereocenters. The maximum atomic E-state index is 14.7. The molecule has 18 heteroatoms. The van der Waals surface area contributed by atoms with Gasteiger partial charge in [-0.3, -0.25) is 38.4 Å². The number of primary amides is 1. The summed E-state index contributed by atoms with van der Waals surface area (Å²) in [6.07, 6.45) is 1.37. The van der Waals surface area contributed by atoms with E-state index in [4.69, 9.17) is 10.5 Å². The number of aliphatic hydroxyl groups is 2. The second-order valence-corrected chi connectivity index (χ2v) is 20.2. The Bertz CT molecular complexity index is 2610. The Kier molecular flexibility index (Phi) is 20.3. The van der Waals surface area contributed by atoms with Gasteiger partial charge in [-0.1, -0.05) is 158 Å². The second-order valence-electron chi connectivity index (χ2n) is 20.2. The molecule has 5 rings (SSSR count). The average Bonchev–Trinajstić information content (AvgIpc) is 3.63. The van der Waals surface area contributed by atoms with E-state index in [2.05, 4.69) is 31.9 Å². The topological polar surface area (TPSA) is 284 Å². The van der Waals surface area contributed by atoms with Crippen LogP contribution in [0.2, 0.25) is 0 Å². The minimum atomic E-state index is -2.24. The zero-order chi connectivity index (χ0) is 54.3. The summed E-state index contributed by atoms with van der Waals surface area (Å²) < 4.78 is 5.95. The number of carbonyl (C=O) groups is 8. The summed E-state index contributed by atoms with van der Waals surface area (Å²) in [5, 5.41) is 38.6. The van der Waals surface area contributed by atoms with E-state index in [0.717, 1.165) is 11.1 Å². The van der Waals surface area contributed by atoms with Gasteiger partial charge in [0.05, 0.1) is 25.9 Å². The second kappa shape index (κ2) is 26.1. The first kappa shape index (κ1) is 57.6. The molecule has 74 heavy (non-hydrogen) atoms. The monoisotopic (exact) mass is 1020 g/mol. The summed E-state index contributed by atoms with van der Waals surface area (Å²) in [7, 11) is 0. The number of amides is 7. The molecule has 18 nitrogen and oxygen atoms in total. The maximum absolute atomic E-state index is 14.7. The summed E-state index contributed by atoms with van der Waals surface area (Å²) >= 11 is 0. The van der Waals surface area contributed by atoms with Crippen molar-refractivity contribution in [3.63, 3.8) is 0 Å². The molecule has 0 aliphatic heterocycles. The van der Waals surface area contributed by atoms with Crippen molar-refractivity contribution in [3.05, 3.63) is 131 Å². The van der Waals surface area contributed by atoms with Crippen LogP contribution < -0.4 is 37.6 Å². The fourth-order valence-corrected chi connectivity index (χ4v) is 8.78. The van der Waals surface area contributed by atoms with Crippen LogP contribution in [0.15, 0.2) is 103 Å². The fraction of sp³-hybridized carbons (Fsp3) is 0.429. The Morgan fingerprint density at radius 1 is 0.635 bits per heavy atom. The van der Waals surface area contributed by atoms with Gasteiger partial charge >= 0.3 is 0 Å². The zero-order valence-corrected chi connectivity index (χ0v) is 43.2. The van der Waals surface area contributed by atoms with Crippen molar-refractivity contribution in [1.82, 2.24) is 31.9 Å². The summed E-state index contributed by atoms with van der Waals surface area (Å²) in [6, 6.07) is 21.4. The summed E-state index contributed by atoms with van der Waals surface area (Å²) in [5.41, 5.74) is 6.04. The number of nitrogens with two attached hydrogens (primary N) is 1. The van der Waals surface area contributed by atoms with Crippen molar-refractivity contribution in [1.29, 1.82) is 0 Å². The third kappa shape index (κ3) is 14.7. The van der Waals surface area contributed by atoms with Gasteiger partial charge in [-0.15, -0.1) is 0 Å². The molecule has 0 bridgehead atoms. The van der Waals surface area contributed by atoms with Crippen LogP contribution in [0.3, 0.4) is 0 Å². The normalized spacial score (nSPS) is 14.9. The fourth-order valence-electron chi connectivity index (χ4n) is 8.78. The van der Waals surface area contributed by atoms with Crippen molar-refractivity contribution >= 4 is 47.1 Å². The molecule has 0 radical (unpaired) electrons. The number of ketones is 1. The van der Waals surface area contributed by atoms with E-state index in [9.17, 15) is 48.6 Å². The predicted octanol–water partition coefficient (Wildman–Crippen LogP) is 2.91. The quantitative estimate of drug-likeness (QED) is 0.0413. The van der Waals surface area contributed by atoms with Crippen LogP contribution in [0.4, 0.5) is 0 Å². The SMILES string of the molecule is CCCC[C@H](NC(=O)[C@H](CC(C)C)NC(=O)[C@@H](NC(=O)[C@H](Cc1ccccc1C)NC(=O)[C@@H](COCc1ccccc1)NC(=O)[C@H](CO)NC(=O)C1(O)c2ccccc2-c2ccccc21)C(C)(C)C)C(=O)C(N)=O. The minimum absolute atomic E-state index is 0.0126. The van der Waals surface area contributed by atoms with Gasteiger partial charge in [0.1, 0.15) is 30.2 Å². The molecule has 0 fully saturated rings. The molecule has 7 amide bonds. The van der Waals surface area contributed by atoms with E-state index in [0.29, 0.717) is 29.5 Å². The number of Topliss-reactive ketones (excluding diaryl/α,β-unsaturated/α-hetero) is 1. The lowest BCUT2D eigenvalue weighted by Crippen LogP contribution is -2.63. The summed E-state index contributed by atoms with van der Waals surface area (Å²) in [4.78, 5) is 110. The van der Waals surface area contributed by atoms with Gasteiger partial charge in [0.2, 0.25) is 35.3 Å². The van der Waals surface area contributed by atoms with Gasteiger partial charge in [0.15, 0.2) is 5.60 Å². The summed E-state index contributed by atoms with van der Waals surface area (Å²) in [6.45, 7) is 11.1. The number of unbranched alkanes of at least 4 members (excludes halogenated alkanes) is 1. The van der Waals surface area contributed by atoms with Gasteiger partial charge in [-0.05, 0) is 58.9 Å². The molecule has 396 valence electrons. The minimum Gasteiger partial charge on any atom is -0.394 e. The van der Waals surface area contributed by atoms with Crippen LogP contribution in [0.25, 0.3) is 11.1 Å². The van der Waals surface area contributed by atoms with Crippen LogP contribution in [0.5, 0.6) is 0 Å². The maximum Gasteiger partial charge on any atom is 0.287 e. The molecule has 1 aliphatic rings. The molecule has 0 heterocycles. The van der Waals surface area contributed by atoms with Crippen LogP contribution >= 0.6 is 0 Å². The molecule has 0 saturated heterocycles. The Morgan fingerprint density at radius 3 is 1.72 bits per heavy atom. The first-order chi connectivity index (χ1) is 35.1. The number of aliphatic hydroxyl groups excluding tert-OH is 1. The third-order valence-electron chi connectivity index (χ3n) is 12.9. The lowest BCUT2D eigenvalue weighted by Gasteiger charge is -2.34. The molecule has 1 aliphatic carbocycles. The van der Waals surface area contributed by atoms with Crippen LogP contribution in [-0.2, 0) is 61.7 Å². The molecule has 0 saturated carbocycles. The van der Waals surface area contributed by atoms with Gasteiger partial charge in [0, 0.05) is 17.5 Å². The van der Waals surface area contributed by atoms with Crippen molar-refractivity contribution < 1.29 is 53.3 Å². The van der Waals surface area contributed by atoms with Gasteiger partial charge in [-0.2, -0.15) is 0 Å². The highest BCUT2D eigenvalue weighted by atomic mass is 16.5. The number of ether oxygens (including phenoxy) is 1. The highest BCUT2D eigenvalue weighted by Crippen LogP contribution is 2.47. The summed E-state index contributed by atoms with van der Waals surface area (Å²) in [5.74, 6) is -7.47. The zero-order valence-electron chi connectivity index (χ0n) is 43.2. The largest absolute Gasteiger partial charge is 0.394 e. The van der Waals surface area contributed by atoms with E-state index < -0.39 is 108 Å². The number of fused-ring (bicyclic) bond motifs is 3. The molecule has 4 aromatic carbocycles. The molecular formula is C56H71N7O11. The van der Waals surface area contributed by atoms with Crippen molar-refractivity contribution in [2.24, 2.45) is 17.1 Å². The first-order valence-corrected chi connectivity index (χ1v) is 25.0. The van der Waals surface area contributed by atoms with Gasteiger partial charge in [-0.25, -0.2) is 0 Å².